The average Bonchev–Trinajstić information content (AvgIpc) is 2.90. The van der Waals surface area contributed by atoms with Crippen LogP contribution < -0.4 is 10.9 Å². The number of H-pyrrole nitrogens is 1. The highest BCUT2D eigenvalue weighted by atomic mass is 79.9. The van der Waals surface area contributed by atoms with Crippen molar-refractivity contribution in [3.05, 3.63) is 70.3 Å². The number of nitrogens with one attached hydrogen (secondary N) is 3. The molecule has 3 N–H and O–H groups in total. The molecule has 0 radical (unpaired) electrons. The lowest BCUT2D eigenvalue weighted by Crippen LogP contribution is -2.41. The first-order valence-electron chi connectivity index (χ1n) is 6.59. The number of hydrogen-bond donors (Lipinski definition) is 3. The molecule has 1 aromatic heterocycles. The molecule has 0 aliphatic carbocycles. The molecule has 0 unspecified atom stereocenters. The van der Waals surface area contributed by atoms with Crippen molar-refractivity contribution in [3.8, 4) is 0 Å². The van der Waals surface area contributed by atoms with E-state index in [1.807, 2.05) is 30.3 Å². The number of para-hydroxylation sites is 1. The molecule has 2 aromatic carbocycles. The van der Waals surface area contributed by atoms with Crippen molar-refractivity contribution in [2.24, 2.45) is 0 Å². The number of carbonyl (C=O) groups is 2. The Kier molecular flexibility index (Phi) is 3.93. The van der Waals surface area contributed by atoms with Gasteiger partial charge in [-0.05, 0) is 34.1 Å². The molecular formula is C16H12BrN3O2. The second-order valence-electron chi connectivity index (χ2n) is 4.63. The lowest BCUT2D eigenvalue weighted by Gasteiger charge is -2.06. The Labute approximate surface area is 134 Å². The average molecular weight is 358 g/mol. The summed E-state index contributed by atoms with van der Waals surface area (Å²) in [5, 5.41) is 0.905. The Morgan fingerprint density at radius 1 is 0.864 bits per heavy atom. The van der Waals surface area contributed by atoms with Gasteiger partial charge in [0.25, 0.3) is 11.8 Å². The molecule has 0 aliphatic heterocycles. The molecule has 0 spiro atoms. The highest BCUT2D eigenvalue weighted by Gasteiger charge is 2.16. The van der Waals surface area contributed by atoms with E-state index in [1.54, 1.807) is 24.3 Å². The topological polar surface area (TPSA) is 74.0 Å². The first-order chi connectivity index (χ1) is 10.7. The van der Waals surface area contributed by atoms with E-state index in [4.69, 9.17) is 0 Å². The maximum absolute atomic E-state index is 12.2. The van der Waals surface area contributed by atoms with Crippen molar-refractivity contribution >= 4 is 38.6 Å². The smallest absolute Gasteiger partial charge is 0.287 e. The SMILES string of the molecule is O=C(NNC(=O)c1[nH]c2ccccc2c1Br)c1ccccc1. The number of aromatic amines is 1. The monoisotopic (exact) mass is 357 g/mol. The summed E-state index contributed by atoms with van der Waals surface area (Å²) in [5.41, 5.74) is 6.46. The molecule has 0 aliphatic rings. The molecule has 0 atom stereocenters. The van der Waals surface area contributed by atoms with Gasteiger partial charge in [-0.3, -0.25) is 20.4 Å². The van der Waals surface area contributed by atoms with Gasteiger partial charge in [-0.1, -0.05) is 36.4 Å². The maximum Gasteiger partial charge on any atom is 0.287 e. The Bertz CT molecular complexity index is 843. The van der Waals surface area contributed by atoms with Gasteiger partial charge < -0.3 is 4.98 Å². The highest BCUT2D eigenvalue weighted by Crippen LogP contribution is 2.27. The van der Waals surface area contributed by atoms with E-state index < -0.39 is 5.91 Å². The van der Waals surface area contributed by atoms with Crippen LogP contribution in [0.15, 0.2) is 59.1 Å². The summed E-state index contributed by atoms with van der Waals surface area (Å²) in [7, 11) is 0. The minimum absolute atomic E-state index is 0.356. The van der Waals surface area contributed by atoms with E-state index in [1.165, 1.54) is 0 Å². The molecule has 6 heteroatoms. The van der Waals surface area contributed by atoms with Crippen LogP contribution in [0.5, 0.6) is 0 Å². The number of halogens is 1. The van der Waals surface area contributed by atoms with Crippen LogP contribution in [0.25, 0.3) is 10.9 Å². The summed E-state index contributed by atoms with van der Waals surface area (Å²) in [6.07, 6.45) is 0. The van der Waals surface area contributed by atoms with Gasteiger partial charge in [0.05, 0.1) is 4.47 Å². The largest absolute Gasteiger partial charge is 0.350 e. The first kappa shape index (κ1) is 14.3. The summed E-state index contributed by atoms with van der Waals surface area (Å²) in [5.74, 6) is -0.798. The van der Waals surface area contributed by atoms with Gasteiger partial charge in [-0.15, -0.1) is 0 Å². The van der Waals surface area contributed by atoms with Crippen molar-refractivity contribution in [2.75, 3.05) is 0 Å². The van der Waals surface area contributed by atoms with E-state index in [0.29, 0.717) is 15.7 Å². The molecule has 3 rings (SSSR count). The Morgan fingerprint density at radius 3 is 2.23 bits per heavy atom. The zero-order valence-corrected chi connectivity index (χ0v) is 13.0. The molecule has 3 aromatic rings. The van der Waals surface area contributed by atoms with E-state index in [-0.39, 0.29) is 5.91 Å². The Hall–Kier alpha value is -2.60. The molecule has 22 heavy (non-hydrogen) atoms. The predicted octanol–water partition coefficient (Wildman–Crippen LogP) is 3.01. The van der Waals surface area contributed by atoms with E-state index in [2.05, 4.69) is 31.8 Å². The van der Waals surface area contributed by atoms with Crippen molar-refractivity contribution in [1.29, 1.82) is 0 Å². The van der Waals surface area contributed by atoms with Gasteiger partial charge in [0, 0.05) is 16.5 Å². The fraction of sp³-hybridized carbons (Fsp3) is 0. The molecule has 0 saturated heterocycles. The normalized spacial score (nSPS) is 10.4. The van der Waals surface area contributed by atoms with Crippen LogP contribution in [0.2, 0.25) is 0 Å². The minimum atomic E-state index is -0.424. The van der Waals surface area contributed by atoms with Crippen molar-refractivity contribution in [3.63, 3.8) is 0 Å². The number of carbonyl (C=O) groups excluding carboxylic acids is 2. The van der Waals surface area contributed by atoms with Gasteiger partial charge in [0.1, 0.15) is 5.69 Å². The Morgan fingerprint density at radius 2 is 1.50 bits per heavy atom. The number of aromatic nitrogens is 1. The molecule has 5 nitrogen and oxygen atoms in total. The number of benzene rings is 2. The number of hydrogen-bond acceptors (Lipinski definition) is 2. The molecule has 0 bridgehead atoms. The predicted molar refractivity (Wildman–Crippen MR) is 87.4 cm³/mol. The van der Waals surface area contributed by atoms with Gasteiger partial charge >= 0.3 is 0 Å². The van der Waals surface area contributed by atoms with E-state index in [0.717, 1.165) is 10.9 Å². The van der Waals surface area contributed by atoms with Crippen LogP contribution in [0.3, 0.4) is 0 Å². The van der Waals surface area contributed by atoms with Gasteiger partial charge in [0.15, 0.2) is 0 Å². The van der Waals surface area contributed by atoms with Crippen molar-refractivity contribution in [1.82, 2.24) is 15.8 Å². The maximum atomic E-state index is 12.2. The quantitative estimate of drug-likeness (QED) is 0.616. The molecule has 110 valence electrons. The minimum Gasteiger partial charge on any atom is -0.350 e. The third kappa shape index (κ3) is 2.73. The molecule has 2 amide bonds. The zero-order valence-electron chi connectivity index (χ0n) is 11.4. The molecule has 0 fully saturated rings. The second kappa shape index (κ2) is 6.03. The highest BCUT2D eigenvalue weighted by molar-refractivity contribution is 9.10. The number of rotatable bonds is 2. The van der Waals surface area contributed by atoms with Crippen LogP contribution in [-0.2, 0) is 0 Å². The van der Waals surface area contributed by atoms with Crippen LogP contribution in [0, 0.1) is 0 Å². The number of amides is 2. The summed E-state index contributed by atoms with van der Waals surface area (Å²) < 4.78 is 0.662. The summed E-state index contributed by atoms with van der Waals surface area (Å²) in [6.45, 7) is 0. The van der Waals surface area contributed by atoms with Crippen LogP contribution in [0.4, 0.5) is 0 Å². The van der Waals surface area contributed by atoms with Crippen LogP contribution >= 0.6 is 15.9 Å². The van der Waals surface area contributed by atoms with Gasteiger partial charge in [-0.2, -0.15) is 0 Å². The zero-order chi connectivity index (χ0) is 15.5. The Balaban J connectivity index is 1.74. The van der Waals surface area contributed by atoms with Crippen molar-refractivity contribution in [2.45, 2.75) is 0 Å². The van der Waals surface area contributed by atoms with Crippen molar-refractivity contribution < 1.29 is 9.59 Å². The standard InChI is InChI=1S/C16H12BrN3O2/c17-13-11-8-4-5-9-12(11)18-14(13)16(22)20-19-15(21)10-6-2-1-3-7-10/h1-9,18H,(H,19,21)(H,20,22). The summed E-state index contributed by atoms with van der Waals surface area (Å²) in [4.78, 5) is 27.1. The van der Waals surface area contributed by atoms with Crippen LogP contribution in [-0.4, -0.2) is 16.8 Å². The van der Waals surface area contributed by atoms with E-state index in [9.17, 15) is 9.59 Å². The van der Waals surface area contributed by atoms with E-state index >= 15 is 0 Å². The second-order valence-corrected chi connectivity index (χ2v) is 5.43. The third-order valence-corrected chi connectivity index (χ3v) is 4.02. The number of fused-ring (bicyclic) bond motifs is 1. The lowest BCUT2D eigenvalue weighted by molar-refractivity contribution is 0.0844. The first-order valence-corrected chi connectivity index (χ1v) is 7.38. The van der Waals surface area contributed by atoms with Crippen LogP contribution in [0.1, 0.15) is 20.8 Å². The fourth-order valence-corrected chi connectivity index (χ4v) is 2.73. The summed E-state index contributed by atoms with van der Waals surface area (Å²) in [6, 6.07) is 16.2. The van der Waals surface area contributed by atoms with Gasteiger partial charge in [-0.25, -0.2) is 0 Å². The number of hydrazine groups is 1. The van der Waals surface area contributed by atoms with Gasteiger partial charge in [0.2, 0.25) is 0 Å². The fourth-order valence-electron chi connectivity index (χ4n) is 2.10. The summed E-state index contributed by atoms with van der Waals surface area (Å²) >= 11 is 3.40. The third-order valence-electron chi connectivity index (χ3n) is 3.20. The molecule has 0 saturated carbocycles. The lowest BCUT2D eigenvalue weighted by atomic mass is 10.2. The molecule has 1 heterocycles. The molecular weight excluding hydrogens is 346 g/mol.